The van der Waals surface area contributed by atoms with Crippen molar-refractivity contribution in [2.24, 2.45) is 29.6 Å². The van der Waals surface area contributed by atoms with Crippen molar-refractivity contribution < 1.29 is 27.4 Å². The summed E-state index contributed by atoms with van der Waals surface area (Å²) in [6.45, 7) is 3.72. The van der Waals surface area contributed by atoms with Crippen molar-refractivity contribution in [3.05, 3.63) is 53.8 Å². The third kappa shape index (κ3) is 6.18. The number of alkyl halides is 2. The first-order valence-corrected chi connectivity index (χ1v) is 13.9. The number of ether oxygens (including phenoxy) is 3. The fourth-order valence-electron chi connectivity index (χ4n) is 6.32. The molecule has 2 saturated carbocycles. The third-order valence-electron chi connectivity index (χ3n) is 8.83. The molecule has 3 fully saturated rings. The molecule has 0 unspecified atom stereocenters. The maximum absolute atomic E-state index is 15.0. The molecule has 7 heteroatoms. The Morgan fingerprint density at radius 1 is 0.842 bits per heavy atom. The molecule has 3 aliphatic rings. The molecule has 2 aliphatic carbocycles. The minimum Gasteiger partial charge on any atom is -0.432 e. The number of nitrogens with zero attached hydrogens (tertiary/aromatic N) is 1. The smallest absolute Gasteiger partial charge is 0.400 e. The van der Waals surface area contributed by atoms with Crippen LogP contribution >= 0.6 is 0 Å². The van der Waals surface area contributed by atoms with E-state index in [0.29, 0.717) is 61.9 Å². The quantitative estimate of drug-likeness (QED) is 0.382. The van der Waals surface area contributed by atoms with Crippen LogP contribution < -0.4 is 4.74 Å². The SMILES string of the molecule is CC1CCC(C2COC(C3CCC(C(F)(F)Oc4ccc(-c5ccc(C#N)cc5)c(F)c4)CC3)OC2)CC1. The minimum absolute atomic E-state index is 0.110. The van der Waals surface area contributed by atoms with E-state index in [2.05, 4.69) is 6.92 Å². The van der Waals surface area contributed by atoms with Gasteiger partial charge in [-0.25, -0.2) is 4.39 Å². The number of halogens is 3. The summed E-state index contributed by atoms with van der Waals surface area (Å²) in [5, 5.41) is 8.92. The van der Waals surface area contributed by atoms with Gasteiger partial charge in [-0.05, 0) is 80.2 Å². The van der Waals surface area contributed by atoms with Gasteiger partial charge in [0.05, 0.1) is 30.8 Å². The van der Waals surface area contributed by atoms with Crippen molar-refractivity contribution in [3.63, 3.8) is 0 Å². The van der Waals surface area contributed by atoms with E-state index in [4.69, 9.17) is 19.5 Å². The topological polar surface area (TPSA) is 51.5 Å². The number of hydrogen-bond acceptors (Lipinski definition) is 4. The van der Waals surface area contributed by atoms with Crippen LogP contribution in [0, 0.1) is 46.7 Å². The van der Waals surface area contributed by atoms with Crippen molar-refractivity contribution in [2.75, 3.05) is 13.2 Å². The standard InChI is InChI=1S/C31H36F3NO3/c1-20-2-6-22(7-3-20)25-18-36-30(37-19-25)24-10-12-26(13-11-24)31(33,34)38-27-14-15-28(29(32)16-27)23-8-4-21(17-35)5-9-23/h4-5,8-9,14-16,20,22,24-26,30H,2-3,6-7,10-13,18-19H2,1H3. The van der Waals surface area contributed by atoms with Gasteiger partial charge in [0.2, 0.25) is 0 Å². The Hall–Kier alpha value is -2.56. The molecular weight excluding hydrogens is 491 g/mol. The fourth-order valence-corrected chi connectivity index (χ4v) is 6.32. The molecule has 1 aliphatic heterocycles. The first-order chi connectivity index (χ1) is 18.3. The Labute approximate surface area is 223 Å². The number of benzene rings is 2. The van der Waals surface area contributed by atoms with E-state index in [1.807, 2.05) is 6.07 Å². The molecule has 1 heterocycles. The van der Waals surface area contributed by atoms with Crippen LogP contribution in [0.25, 0.3) is 11.1 Å². The van der Waals surface area contributed by atoms with Crippen molar-refractivity contribution in [1.29, 1.82) is 5.26 Å². The van der Waals surface area contributed by atoms with Crippen LogP contribution in [-0.4, -0.2) is 25.6 Å². The largest absolute Gasteiger partial charge is 0.432 e. The Morgan fingerprint density at radius 3 is 2.08 bits per heavy atom. The first-order valence-electron chi connectivity index (χ1n) is 13.9. The van der Waals surface area contributed by atoms with Crippen molar-refractivity contribution in [2.45, 2.75) is 70.7 Å². The summed E-state index contributed by atoms with van der Waals surface area (Å²) < 4.78 is 62.1. The maximum atomic E-state index is 15.0. The molecule has 5 rings (SSSR count). The van der Waals surface area contributed by atoms with E-state index in [9.17, 15) is 4.39 Å². The van der Waals surface area contributed by atoms with Crippen molar-refractivity contribution in [1.82, 2.24) is 0 Å². The van der Waals surface area contributed by atoms with Gasteiger partial charge in [-0.1, -0.05) is 31.9 Å². The molecule has 0 atom stereocenters. The fraction of sp³-hybridized carbons (Fsp3) is 0.581. The van der Waals surface area contributed by atoms with Crippen LogP contribution in [0.1, 0.15) is 63.9 Å². The van der Waals surface area contributed by atoms with Gasteiger partial charge in [0.15, 0.2) is 6.29 Å². The first kappa shape index (κ1) is 27.0. The van der Waals surface area contributed by atoms with E-state index in [-0.39, 0.29) is 23.5 Å². The second-order valence-electron chi connectivity index (χ2n) is 11.4. The highest BCUT2D eigenvalue weighted by atomic mass is 19.3. The molecule has 0 aromatic heterocycles. The summed E-state index contributed by atoms with van der Waals surface area (Å²) in [5.74, 6) is 0.236. The summed E-state index contributed by atoms with van der Waals surface area (Å²) in [6.07, 6.45) is 3.11. The van der Waals surface area contributed by atoms with E-state index in [1.54, 1.807) is 24.3 Å². The van der Waals surface area contributed by atoms with Crippen LogP contribution in [-0.2, 0) is 9.47 Å². The van der Waals surface area contributed by atoms with E-state index in [0.717, 1.165) is 12.0 Å². The molecule has 204 valence electrons. The monoisotopic (exact) mass is 527 g/mol. The van der Waals surface area contributed by atoms with Crippen LogP contribution in [0.2, 0.25) is 0 Å². The molecule has 0 radical (unpaired) electrons. The lowest BCUT2D eigenvalue weighted by atomic mass is 9.76. The number of nitriles is 1. The van der Waals surface area contributed by atoms with Crippen molar-refractivity contribution in [3.8, 4) is 22.9 Å². The predicted octanol–water partition coefficient (Wildman–Crippen LogP) is 7.96. The molecule has 2 aromatic carbocycles. The van der Waals surface area contributed by atoms with E-state index >= 15 is 8.78 Å². The average molecular weight is 528 g/mol. The summed E-state index contributed by atoms with van der Waals surface area (Å²) >= 11 is 0. The highest BCUT2D eigenvalue weighted by Crippen LogP contribution is 2.43. The molecule has 4 nitrogen and oxygen atoms in total. The van der Waals surface area contributed by atoms with Gasteiger partial charge >= 0.3 is 6.11 Å². The Morgan fingerprint density at radius 2 is 1.47 bits per heavy atom. The molecule has 1 saturated heterocycles. The van der Waals surface area contributed by atoms with Crippen LogP contribution in [0.3, 0.4) is 0 Å². The lowest BCUT2D eigenvalue weighted by molar-refractivity contribution is -0.251. The van der Waals surface area contributed by atoms with Gasteiger partial charge in [-0.15, -0.1) is 0 Å². The van der Waals surface area contributed by atoms with Crippen LogP contribution in [0.5, 0.6) is 5.75 Å². The van der Waals surface area contributed by atoms with Gasteiger partial charge in [-0.2, -0.15) is 14.0 Å². The minimum atomic E-state index is -3.40. The Balaban J connectivity index is 1.11. The normalized spacial score (nSPS) is 30.4. The second-order valence-corrected chi connectivity index (χ2v) is 11.4. The average Bonchev–Trinajstić information content (AvgIpc) is 2.94. The summed E-state index contributed by atoms with van der Waals surface area (Å²) in [4.78, 5) is 0. The molecule has 0 spiro atoms. The molecule has 0 bridgehead atoms. The molecule has 38 heavy (non-hydrogen) atoms. The zero-order chi connectivity index (χ0) is 26.7. The van der Waals surface area contributed by atoms with Gasteiger partial charge < -0.3 is 14.2 Å². The van der Waals surface area contributed by atoms with Gasteiger partial charge in [-0.3, -0.25) is 0 Å². The second kappa shape index (κ2) is 11.7. The molecule has 0 N–H and O–H groups in total. The lowest BCUT2D eigenvalue weighted by Crippen LogP contribution is -2.43. The summed E-state index contributed by atoms with van der Waals surface area (Å²) in [6, 6.07) is 12.2. The van der Waals surface area contributed by atoms with Crippen molar-refractivity contribution >= 4 is 0 Å². The zero-order valence-corrected chi connectivity index (χ0v) is 21.9. The zero-order valence-electron chi connectivity index (χ0n) is 21.9. The predicted molar refractivity (Wildman–Crippen MR) is 138 cm³/mol. The van der Waals surface area contributed by atoms with Gasteiger partial charge in [0, 0.05) is 23.5 Å². The van der Waals surface area contributed by atoms with Gasteiger partial charge in [0.1, 0.15) is 11.6 Å². The van der Waals surface area contributed by atoms with E-state index in [1.165, 1.54) is 37.8 Å². The molecule has 0 amide bonds. The number of hydrogen-bond donors (Lipinski definition) is 0. The molecule has 2 aromatic rings. The maximum Gasteiger partial charge on any atom is 0.400 e. The highest BCUT2D eigenvalue weighted by Gasteiger charge is 2.46. The summed E-state index contributed by atoms with van der Waals surface area (Å²) in [7, 11) is 0. The summed E-state index contributed by atoms with van der Waals surface area (Å²) in [5.41, 5.74) is 1.28. The highest BCUT2D eigenvalue weighted by molar-refractivity contribution is 5.65. The van der Waals surface area contributed by atoms with Crippen LogP contribution in [0.4, 0.5) is 13.2 Å². The van der Waals surface area contributed by atoms with E-state index < -0.39 is 17.8 Å². The molecular formula is C31H36F3NO3. The van der Waals surface area contributed by atoms with Crippen LogP contribution in [0.15, 0.2) is 42.5 Å². The number of rotatable bonds is 6. The Bertz CT molecular complexity index is 1110. The third-order valence-corrected chi connectivity index (χ3v) is 8.83. The lowest BCUT2D eigenvalue weighted by Gasteiger charge is -2.41. The van der Waals surface area contributed by atoms with Gasteiger partial charge in [0.25, 0.3) is 0 Å². The Kier molecular flexibility index (Phi) is 8.30.